The first-order valence-corrected chi connectivity index (χ1v) is 8.74. The summed E-state index contributed by atoms with van der Waals surface area (Å²) in [6.07, 6.45) is 0. The van der Waals surface area contributed by atoms with E-state index >= 15 is 0 Å². The second kappa shape index (κ2) is 4.64. The van der Waals surface area contributed by atoms with Crippen LogP contribution in [0.25, 0.3) is 54.4 Å². The third-order valence-electron chi connectivity index (χ3n) is 5.26. The number of H-pyrrole nitrogens is 2. The number of rotatable bonds is 0. The lowest BCUT2D eigenvalue weighted by Crippen LogP contribution is -2.08. The number of benzene rings is 3. The smallest absolute Gasteiger partial charge is 0.198 e. The molecule has 0 amide bonds. The quantitative estimate of drug-likeness (QED) is 0.399. The number of aromatic nitrogens is 2. The van der Waals surface area contributed by atoms with Gasteiger partial charge in [0.05, 0.1) is 32.3 Å². The Labute approximate surface area is 154 Å². The van der Waals surface area contributed by atoms with Crippen LogP contribution < -0.4 is 16.3 Å². The van der Waals surface area contributed by atoms with Crippen LogP contribution in [0.5, 0.6) is 0 Å². The van der Waals surface area contributed by atoms with Crippen molar-refractivity contribution >= 4 is 66.0 Å². The van der Waals surface area contributed by atoms with Crippen LogP contribution in [0.2, 0.25) is 5.02 Å². The summed E-state index contributed by atoms with van der Waals surface area (Å²) in [7, 11) is 0. The Morgan fingerprint density at radius 2 is 1.26 bits per heavy atom. The Hall–Kier alpha value is -3.44. The van der Waals surface area contributed by atoms with E-state index in [2.05, 4.69) is 9.97 Å². The highest BCUT2D eigenvalue weighted by Crippen LogP contribution is 2.32. The molecule has 0 saturated heterocycles. The fourth-order valence-electron chi connectivity index (χ4n) is 3.92. The number of aromatic amines is 2. The van der Waals surface area contributed by atoms with Crippen molar-refractivity contribution in [1.29, 1.82) is 0 Å². The van der Waals surface area contributed by atoms with Crippen molar-refractivity contribution in [2.75, 3.05) is 0 Å². The number of nitrogens with one attached hydrogen (secondary N) is 2. The molecule has 0 aliphatic heterocycles. The number of fused-ring (bicyclic) bond motifs is 6. The number of pyridine rings is 2. The number of para-hydroxylation sites is 1. The average molecular weight is 373 g/mol. The summed E-state index contributed by atoms with van der Waals surface area (Å²) in [6.45, 7) is 0. The van der Waals surface area contributed by atoms with Crippen molar-refractivity contribution in [3.8, 4) is 0 Å². The zero-order valence-electron chi connectivity index (χ0n) is 13.6. The second-order valence-corrected chi connectivity index (χ2v) is 7.16. The highest BCUT2D eigenvalue weighted by atomic mass is 35.5. The van der Waals surface area contributed by atoms with Crippen LogP contribution in [0, 0.1) is 0 Å². The van der Waals surface area contributed by atoms with Crippen molar-refractivity contribution in [3.05, 3.63) is 78.2 Å². The molecule has 0 fully saturated rings. The Kier molecular flexibility index (Phi) is 2.52. The standard InChI is InChI=1S/C21H9ClN2O3/c22-11-7-15-17(18-16(11)21(18)27)20(26)10-6-13-9(5-14(10)24-15)19(25)8-3-1-2-4-12(8)23-13/h1-7H,(H,23,25)(H,24,26). The first-order valence-electron chi connectivity index (χ1n) is 8.36. The number of hydrogen-bond acceptors (Lipinski definition) is 3. The molecule has 2 heterocycles. The first kappa shape index (κ1) is 14.7. The average Bonchev–Trinajstić information content (AvgIpc) is 3.33. The molecule has 0 spiro atoms. The summed E-state index contributed by atoms with van der Waals surface area (Å²) < 4.78 is 0. The van der Waals surface area contributed by atoms with Gasteiger partial charge in [-0.1, -0.05) is 23.7 Å². The minimum atomic E-state index is -0.242. The molecular formula is C21H9ClN2O3. The molecule has 2 N–H and O–H groups in total. The molecule has 0 unspecified atom stereocenters. The van der Waals surface area contributed by atoms with Gasteiger partial charge in [0.25, 0.3) is 0 Å². The Morgan fingerprint density at radius 1 is 0.593 bits per heavy atom. The number of hydrogen-bond donors (Lipinski definition) is 2. The summed E-state index contributed by atoms with van der Waals surface area (Å²) in [5.74, 6) is 0. The SMILES string of the molecule is O=c1c2ccccc2[nH]c2cc3c(=O)c4c(cc(Cl)c5c(=O)c54)[nH]c3cc12. The lowest BCUT2D eigenvalue weighted by atomic mass is 10.1. The normalized spacial score (nSPS) is 12.3. The number of halogens is 1. The van der Waals surface area contributed by atoms with Crippen LogP contribution in [0.15, 0.2) is 56.8 Å². The third-order valence-corrected chi connectivity index (χ3v) is 5.55. The molecule has 5 nitrogen and oxygen atoms in total. The fourth-order valence-corrected chi connectivity index (χ4v) is 4.21. The van der Waals surface area contributed by atoms with Gasteiger partial charge < -0.3 is 9.97 Å². The molecule has 0 aliphatic carbocycles. The maximum absolute atomic E-state index is 13.1. The molecule has 0 saturated carbocycles. The molecule has 6 rings (SSSR count). The summed E-state index contributed by atoms with van der Waals surface area (Å²) in [6, 6.07) is 12.2. The van der Waals surface area contributed by atoms with Gasteiger partial charge >= 0.3 is 0 Å². The first-order chi connectivity index (χ1) is 13.0. The van der Waals surface area contributed by atoms with Crippen molar-refractivity contribution in [2.45, 2.75) is 0 Å². The summed E-state index contributed by atoms with van der Waals surface area (Å²) in [5, 5.41) is 3.01. The maximum Gasteiger partial charge on any atom is 0.198 e. The minimum absolute atomic E-state index is 0.101. The van der Waals surface area contributed by atoms with E-state index in [0.717, 1.165) is 0 Å². The lowest BCUT2D eigenvalue weighted by molar-refractivity contribution is 1.46. The van der Waals surface area contributed by atoms with E-state index in [1.54, 1.807) is 24.3 Å². The molecule has 4 aromatic carbocycles. The van der Waals surface area contributed by atoms with Crippen LogP contribution in [0.1, 0.15) is 0 Å². The highest BCUT2D eigenvalue weighted by molar-refractivity contribution is 6.40. The predicted molar refractivity (Wildman–Crippen MR) is 109 cm³/mol. The third kappa shape index (κ3) is 1.76. The Bertz CT molecular complexity index is 1750. The van der Waals surface area contributed by atoms with Crippen LogP contribution >= 0.6 is 11.6 Å². The van der Waals surface area contributed by atoms with E-state index in [1.807, 2.05) is 18.2 Å². The van der Waals surface area contributed by atoms with Crippen LogP contribution in [0.3, 0.4) is 0 Å². The zero-order chi connectivity index (χ0) is 18.4. The van der Waals surface area contributed by atoms with Gasteiger partial charge in [0, 0.05) is 27.1 Å². The second-order valence-electron chi connectivity index (χ2n) is 6.76. The summed E-state index contributed by atoms with van der Waals surface area (Å²) in [5.41, 5.74) is 1.80. The molecule has 0 bridgehead atoms. The molecule has 0 atom stereocenters. The minimum Gasteiger partial charge on any atom is -0.354 e. The van der Waals surface area contributed by atoms with Crippen molar-refractivity contribution < 1.29 is 0 Å². The molecule has 0 radical (unpaired) electrons. The predicted octanol–water partition coefficient (Wildman–Crippen LogP) is 3.72. The topological polar surface area (TPSA) is 82.8 Å². The van der Waals surface area contributed by atoms with Crippen LogP contribution in [-0.2, 0) is 0 Å². The van der Waals surface area contributed by atoms with Crippen molar-refractivity contribution in [2.24, 2.45) is 0 Å². The van der Waals surface area contributed by atoms with Gasteiger partial charge in [-0.25, -0.2) is 0 Å². The monoisotopic (exact) mass is 372 g/mol. The van der Waals surface area contributed by atoms with Crippen LogP contribution in [-0.4, -0.2) is 9.97 Å². The van der Waals surface area contributed by atoms with Crippen molar-refractivity contribution in [1.82, 2.24) is 9.97 Å². The van der Waals surface area contributed by atoms with Gasteiger partial charge in [-0.05, 0) is 30.3 Å². The highest BCUT2D eigenvalue weighted by Gasteiger charge is 2.23. The van der Waals surface area contributed by atoms with Gasteiger partial charge in [-0.2, -0.15) is 0 Å². The molecule has 128 valence electrons. The molecule has 2 aromatic heterocycles. The maximum atomic E-state index is 13.1. The lowest BCUT2D eigenvalue weighted by Gasteiger charge is -2.06. The van der Waals surface area contributed by atoms with E-state index in [4.69, 9.17) is 11.6 Å². The summed E-state index contributed by atoms with van der Waals surface area (Å²) in [4.78, 5) is 44.3. The fraction of sp³-hybridized carbons (Fsp3) is 0. The molecule has 6 heteroatoms. The van der Waals surface area contributed by atoms with E-state index in [-0.39, 0.29) is 16.3 Å². The van der Waals surface area contributed by atoms with Crippen molar-refractivity contribution in [3.63, 3.8) is 0 Å². The van der Waals surface area contributed by atoms with E-state index in [1.165, 1.54) is 0 Å². The largest absolute Gasteiger partial charge is 0.354 e. The Morgan fingerprint density at radius 3 is 2.04 bits per heavy atom. The molecular weight excluding hydrogens is 364 g/mol. The van der Waals surface area contributed by atoms with Gasteiger partial charge in [0.1, 0.15) is 0 Å². The van der Waals surface area contributed by atoms with E-state index in [9.17, 15) is 14.4 Å². The summed E-state index contributed by atoms with van der Waals surface area (Å²) >= 11 is 6.13. The van der Waals surface area contributed by atoms with Gasteiger partial charge in [-0.3, -0.25) is 14.4 Å². The zero-order valence-corrected chi connectivity index (χ0v) is 14.4. The van der Waals surface area contributed by atoms with Gasteiger partial charge in [0.2, 0.25) is 0 Å². The Balaban J connectivity index is 1.87. The van der Waals surface area contributed by atoms with Crippen LogP contribution in [0.4, 0.5) is 0 Å². The van der Waals surface area contributed by atoms with Gasteiger partial charge in [-0.15, -0.1) is 0 Å². The molecule has 27 heavy (non-hydrogen) atoms. The van der Waals surface area contributed by atoms with E-state index in [0.29, 0.717) is 59.4 Å². The van der Waals surface area contributed by atoms with Gasteiger partial charge in [0.15, 0.2) is 16.3 Å². The molecule has 0 aliphatic rings. The molecule has 6 aromatic rings. The van der Waals surface area contributed by atoms with E-state index < -0.39 is 0 Å².